The Morgan fingerprint density at radius 3 is 2.56 bits per heavy atom. The number of nitrogens with two attached hydrogens (primary N) is 1. The van der Waals surface area contributed by atoms with Crippen molar-refractivity contribution in [2.75, 3.05) is 19.8 Å². The summed E-state index contributed by atoms with van der Waals surface area (Å²) in [6.07, 6.45) is -0.489. The fraction of sp³-hybridized carbons (Fsp3) is 0.417. The van der Waals surface area contributed by atoms with Gasteiger partial charge in [0.1, 0.15) is 5.75 Å². The summed E-state index contributed by atoms with van der Waals surface area (Å²) in [6, 6.07) is 5.36. The van der Waals surface area contributed by atoms with Gasteiger partial charge in [-0.25, -0.2) is 0 Å². The number of anilines is 1. The van der Waals surface area contributed by atoms with Crippen molar-refractivity contribution in [1.82, 2.24) is 4.90 Å². The lowest BCUT2D eigenvalue weighted by Gasteiger charge is -2.19. The number of hydrogen-bond donors (Lipinski definition) is 1. The highest BCUT2D eigenvalue weighted by Gasteiger charge is 2.17. The highest BCUT2D eigenvalue weighted by Crippen LogP contribution is 2.21. The van der Waals surface area contributed by atoms with Crippen LogP contribution in [0.5, 0.6) is 5.75 Å². The predicted molar refractivity (Wildman–Crippen MR) is 64.4 cm³/mol. The minimum Gasteiger partial charge on any atom is -0.481 e. The van der Waals surface area contributed by atoms with Gasteiger partial charge >= 0.3 is 0 Å². The van der Waals surface area contributed by atoms with Crippen LogP contribution in [0.15, 0.2) is 18.2 Å². The van der Waals surface area contributed by atoms with Crippen LogP contribution in [0.2, 0.25) is 0 Å². The van der Waals surface area contributed by atoms with E-state index in [9.17, 15) is 4.79 Å². The Balaban J connectivity index is 2.77. The van der Waals surface area contributed by atoms with Crippen molar-refractivity contribution in [3.63, 3.8) is 0 Å². The summed E-state index contributed by atoms with van der Waals surface area (Å²) >= 11 is 0. The molecule has 0 saturated carbocycles. The molecule has 0 saturated heterocycles. The van der Waals surface area contributed by atoms with Crippen molar-refractivity contribution < 1.29 is 9.53 Å². The van der Waals surface area contributed by atoms with E-state index in [-0.39, 0.29) is 5.91 Å². The van der Waals surface area contributed by atoms with Gasteiger partial charge in [-0.1, -0.05) is 0 Å². The lowest BCUT2D eigenvalue weighted by molar-refractivity contribution is -0.135. The standard InChI is InChI=1S/C12H18N2O2/c1-8-7-10(13)5-6-11(8)16-9(2)12(15)14(3)4/h5-7,9H,13H2,1-4H3. The van der Waals surface area contributed by atoms with Crippen LogP contribution >= 0.6 is 0 Å². The van der Waals surface area contributed by atoms with Crippen molar-refractivity contribution in [2.45, 2.75) is 20.0 Å². The first-order valence-electron chi connectivity index (χ1n) is 5.15. The molecule has 4 nitrogen and oxygen atoms in total. The van der Waals surface area contributed by atoms with Crippen LogP contribution in [-0.2, 0) is 4.79 Å². The molecular weight excluding hydrogens is 204 g/mol. The Hall–Kier alpha value is -1.71. The average molecular weight is 222 g/mol. The molecule has 1 amide bonds. The molecule has 0 aliphatic rings. The molecule has 16 heavy (non-hydrogen) atoms. The second-order valence-corrected chi connectivity index (χ2v) is 4.02. The number of rotatable bonds is 3. The third-order valence-electron chi connectivity index (χ3n) is 2.29. The zero-order valence-electron chi connectivity index (χ0n) is 10.2. The maximum absolute atomic E-state index is 11.6. The van der Waals surface area contributed by atoms with Gasteiger partial charge in [0, 0.05) is 19.8 Å². The Kier molecular flexibility index (Phi) is 3.77. The van der Waals surface area contributed by atoms with E-state index in [1.54, 1.807) is 33.2 Å². The SMILES string of the molecule is Cc1cc(N)ccc1OC(C)C(=O)N(C)C. The topological polar surface area (TPSA) is 55.6 Å². The minimum atomic E-state index is -0.489. The van der Waals surface area contributed by atoms with E-state index >= 15 is 0 Å². The first-order valence-corrected chi connectivity index (χ1v) is 5.15. The predicted octanol–water partition coefficient (Wildman–Crippen LogP) is 1.43. The van der Waals surface area contributed by atoms with Gasteiger partial charge in [-0.3, -0.25) is 4.79 Å². The Morgan fingerprint density at radius 1 is 1.44 bits per heavy atom. The van der Waals surface area contributed by atoms with E-state index in [0.717, 1.165) is 5.56 Å². The van der Waals surface area contributed by atoms with E-state index in [4.69, 9.17) is 10.5 Å². The zero-order chi connectivity index (χ0) is 12.3. The van der Waals surface area contributed by atoms with Gasteiger partial charge in [0.25, 0.3) is 5.91 Å². The van der Waals surface area contributed by atoms with Gasteiger partial charge in [0.15, 0.2) is 6.10 Å². The molecule has 1 atom stereocenters. The third-order valence-corrected chi connectivity index (χ3v) is 2.29. The number of amides is 1. The second-order valence-electron chi connectivity index (χ2n) is 4.02. The highest BCUT2D eigenvalue weighted by atomic mass is 16.5. The maximum Gasteiger partial charge on any atom is 0.262 e. The molecule has 1 unspecified atom stereocenters. The van der Waals surface area contributed by atoms with Crippen LogP contribution in [0.1, 0.15) is 12.5 Å². The van der Waals surface area contributed by atoms with Crippen LogP contribution in [0.4, 0.5) is 5.69 Å². The molecule has 1 aromatic carbocycles. The molecule has 0 heterocycles. The van der Waals surface area contributed by atoms with Crippen molar-refractivity contribution in [3.8, 4) is 5.75 Å². The fourth-order valence-corrected chi connectivity index (χ4v) is 1.41. The monoisotopic (exact) mass is 222 g/mol. The number of hydrogen-bond acceptors (Lipinski definition) is 3. The van der Waals surface area contributed by atoms with Crippen molar-refractivity contribution in [2.24, 2.45) is 0 Å². The van der Waals surface area contributed by atoms with E-state index < -0.39 is 6.10 Å². The summed E-state index contributed by atoms with van der Waals surface area (Å²) < 4.78 is 5.58. The van der Waals surface area contributed by atoms with E-state index in [2.05, 4.69) is 0 Å². The molecule has 0 aliphatic carbocycles. The molecule has 0 aliphatic heterocycles. The first-order chi connectivity index (χ1) is 7.41. The Morgan fingerprint density at radius 2 is 2.06 bits per heavy atom. The summed E-state index contributed by atoms with van der Waals surface area (Å²) in [5.41, 5.74) is 7.26. The maximum atomic E-state index is 11.6. The lowest BCUT2D eigenvalue weighted by atomic mass is 10.2. The molecule has 0 spiro atoms. The average Bonchev–Trinajstić information content (AvgIpc) is 2.20. The van der Waals surface area contributed by atoms with Gasteiger partial charge in [-0.05, 0) is 37.6 Å². The number of nitrogen functional groups attached to an aromatic ring is 1. The molecular formula is C12H18N2O2. The summed E-state index contributed by atoms with van der Waals surface area (Å²) in [4.78, 5) is 13.1. The van der Waals surface area contributed by atoms with Gasteiger partial charge in [-0.15, -0.1) is 0 Å². The quantitative estimate of drug-likeness (QED) is 0.787. The number of carbonyl (C=O) groups is 1. The number of carbonyl (C=O) groups excluding carboxylic acids is 1. The number of nitrogens with zero attached hydrogens (tertiary/aromatic N) is 1. The summed E-state index contributed by atoms with van der Waals surface area (Å²) in [6.45, 7) is 3.64. The molecule has 2 N–H and O–H groups in total. The molecule has 1 rings (SSSR count). The van der Waals surface area contributed by atoms with E-state index in [1.807, 2.05) is 13.0 Å². The lowest BCUT2D eigenvalue weighted by Crippen LogP contribution is -2.35. The zero-order valence-corrected chi connectivity index (χ0v) is 10.2. The van der Waals surface area contributed by atoms with E-state index in [0.29, 0.717) is 11.4 Å². The Labute approximate surface area is 96.0 Å². The van der Waals surface area contributed by atoms with Crippen LogP contribution in [-0.4, -0.2) is 31.0 Å². The second kappa shape index (κ2) is 4.88. The number of ether oxygens (including phenoxy) is 1. The number of likely N-dealkylation sites (N-methyl/N-ethyl adjacent to an activating group) is 1. The van der Waals surface area contributed by atoms with Crippen molar-refractivity contribution in [1.29, 1.82) is 0 Å². The normalized spacial score (nSPS) is 12.0. The molecule has 0 bridgehead atoms. The van der Waals surface area contributed by atoms with Crippen LogP contribution in [0.3, 0.4) is 0 Å². The summed E-state index contributed by atoms with van der Waals surface area (Å²) in [5, 5.41) is 0. The van der Waals surface area contributed by atoms with Gasteiger partial charge in [-0.2, -0.15) is 0 Å². The number of aryl methyl sites for hydroxylation is 1. The Bertz CT molecular complexity index is 389. The van der Waals surface area contributed by atoms with Gasteiger partial charge in [0.05, 0.1) is 0 Å². The molecule has 0 aromatic heterocycles. The molecule has 0 radical (unpaired) electrons. The van der Waals surface area contributed by atoms with Crippen LogP contribution < -0.4 is 10.5 Å². The molecule has 4 heteroatoms. The first kappa shape index (κ1) is 12.4. The fourth-order valence-electron chi connectivity index (χ4n) is 1.41. The summed E-state index contributed by atoms with van der Waals surface area (Å²) in [5.74, 6) is 0.633. The van der Waals surface area contributed by atoms with Crippen molar-refractivity contribution >= 4 is 11.6 Å². The molecule has 0 fully saturated rings. The van der Waals surface area contributed by atoms with Crippen molar-refractivity contribution in [3.05, 3.63) is 23.8 Å². The van der Waals surface area contributed by atoms with Crippen LogP contribution in [0, 0.1) is 6.92 Å². The highest BCUT2D eigenvalue weighted by molar-refractivity contribution is 5.80. The smallest absolute Gasteiger partial charge is 0.262 e. The number of benzene rings is 1. The third kappa shape index (κ3) is 2.89. The van der Waals surface area contributed by atoms with Gasteiger partial charge < -0.3 is 15.4 Å². The molecule has 88 valence electrons. The molecule has 1 aromatic rings. The largest absolute Gasteiger partial charge is 0.481 e. The minimum absolute atomic E-state index is 0.0591. The van der Waals surface area contributed by atoms with Gasteiger partial charge in [0.2, 0.25) is 0 Å². The van der Waals surface area contributed by atoms with Crippen LogP contribution in [0.25, 0.3) is 0 Å². The summed E-state index contributed by atoms with van der Waals surface area (Å²) in [7, 11) is 3.41. The van der Waals surface area contributed by atoms with E-state index in [1.165, 1.54) is 4.90 Å².